The van der Waals surface area contributed by atoms with E-state index in [1.807, 2.05) is 11.3 Å². The van der Waals surface area contributed by atoms with Crippen molar-refractivity contribution in [1.29, 1.82) is 0 Å². The molecule has 1 aromatic heterocycles. The molecule has 0 bridgehead atoms. The van der Waals surface area contributed by atoms with Crippen LogP contribution in [0.1, 0.15) is 56.4 Å². The van der Waals surface area contributed by atoms with Crippen LogP contribution in [0.3, 0.4) is 0 Å². The third-order valence-electron chi connectivity index (χ3n) is 4.63. The van der Waals surface area contributed by atoms with Crippen molar-refractivity contribution in [2.24, 2.45) is 0 Å². The lowest BCUT2D eigenvalue weighted by Gasteiger charge is -2.46. The van der Waals surface area contributed by atoms with Crippen molar-refractivity contribution in [3.63, 3.8) is 0 Å². The van der Waals surface area contributed by atoms with Gasteiger partial charge in [-0.2, -0.15) is 0 Å². The number of thiophene rings is 1. The Morgan fingerprint density at radius 2 is 1.95 bits per heavy atom. The Morgan fingerprint density at radius 3 is 2.42 bits per heavy atom. The predicted molar refractivity (Wildman–Crippen MR) is 84.9 cm³/mol. The fourth-order valence-corrected chi connectivity index (χ4v) is 4.46. The second-order valence-electron chi connectivity index (χ2n) is 5.92. The van der Waals surface area contributed by atoms with E-state index in [1.165, 1.54) is 43.4 Å². The monoisotopic (exact) mass is 280 g/mol. The predicted octanol–water partition coefficient (Wildman–Crippen LogP) is 4.05. The molecule has 1 aliphatic carbocycles. The van der Waals surface area contributed by atoms with Gasteiger partial charge in [0.15, 0.2) is 0 Å². The Labute approximate surface area is 122 Å². The van der Waals surface area contributed by atoms with Crippen LogP contribution in [0.15, 0.2) is 17.5 Å². The standard InChI is InChI=1S/C16H28N2S/c1-4-17-15(14-10-9-13-19-14)16(18(2)3)11-7-5-6-8-12-16/h9-10,13,15,17H,4-8,11-12H2,1-3H3. The lowest BCUT2D eigenvalue weighted by Crippen LogP contribution is -2.53. The topological polar surface area (TPSA) is 15.3 Å². The quantitative estimate of drug-likeness (QED) is 0.819. The van der Waals surface area contributed by atoms with Gasteiger partial charge in [0.05, 0.1) is 6.04 Å². The van der Waals surface area contributed by atoms with Crippen molar-refractivity contribution in [1.82, 2.24) is 10.2 Å². The van der Waals surface area contributed by atoms with Crippen LogP contribution in [-0.2, 0) is 0 Å². The van der Waals surface area contributed by atoms with Gasteiger partial charge < -0.3 is 10.2 Å². The molecule has 1 unspecified atom stereocenters. The molecule has 19 heavy (non-hydrogen) atoms. The van der Waals surface area contributed by atoms with Crippen molar-refractivity contribution in [2.45, 2.75) is 57.0 Å². The smallest absolute Gasteiger partial charge is 0.0601 e. The highest BCUT2D eigenvalue weighted by molar-refractivity contribution is 7.10. The normalized spacial score (nSPS) is 21.3. The zero-order valence-corrected chi connectivity index (χ0v) is 13.4. The van der Waals surface area contributed by atoms with Gasteiger partial charge in [0, 0.05) is 10.4 Å². The highest BCUT2D eigenvalue weighted by atomic mass is 32.1. The summed E-state index contributed by atoms with van der Waals surface area (Å²) in [6.07, 6.45) is 8.17. The van der Waals surface area contributed by atoms with E-state index in [4.69, 9.17) is 0 Å². The van der Waals surface area contributed by atoms with Gasteiger partial charge in [0.1, 0.15) is 0 Å². The average molecular weight is 280 g/mol. The summed E-state index contributed by atoms with van der Waals surface area (Å²) in [7, 11) is 4.53. The van der Waals surface area contributed by atoms with Gasteiger partial charge in [0.25, 0.3) is 0 Å². The van der Waals surface area contributed by atoms with E-state index in [1.54, 1.807) is 0 Å². The Balaban J connectivity index is 2.32. The van der Waals surface area contributed by atoms with Gasteiger partial charge >= 0.3 is 0 Å². The van der Waals surface area contributed by atoms with Crippen molar-refractivity contribution >= 4 is 11.3 Å². The molecular weight excluding hydrogens is 252 g/mol. The van der Waals surface area contributed by atoms with E-state index in [0.717, 1.165) is 6.54 Å². The largest absolute Gasteiger partial charge is 0.308 e. The molecule has 1 saturated carbocycles. The number of nitrogens with zero attached hydrogens (tertiary/aromatic N) is 1. The number of rotatable bonds is 5. The van der Waals surface area contributed by atoms with Crippen LogP contribution in [0.5, 0.6) is 0 Å². The first-order chi connectivity index (χ1) is 9.20. The molecule has 2 rings (SSSR count). The van der Waals surface area contributed by atoms with Crippen molar-refractivity contribution < 1.29 is 0 Å². The van der Waals surface area contributed by atoms with Gasteiger partial charge in [0.2, 0.25) is 0 Å². The van der Waals surface area contributed by atoms with E-state index >= 15 is 0 Å². The molecule has 2 nitrogen and oxygen atoms in total. The first-order valence-electron chi connectivity index (χ1n) is 7.65. The first kappa shape index (κ1) is 15.0. The molecule has 1 aromatic rings. The van der Waals surface area contributed by atoms with Crippen LogP contribution in [0.4, 0.5) is 0 Å². The molecule has 0 aromatic carbocycles. The van der Waals surface area contributed by atoms with E-state index in [0.29, 0.717) is 6.04 Å². The third-order valence-corrected chi connectivity index (χ3v) is 5.57. The van der Waals surface area contributed by atoms with Crippen molar-refractivity contribution in [3.8, 4) is 0 Å². The molecule has 0 spiro atoms. The highest BCUT2D eigenvalue weighted by Crippen LogP contribution is 2.42. The Kier molecular flexibility index (Phi) is 5.43. The van der Waals surface area contributed by atoms with E-state index in [-0.39, 0.29) is 5.54 Å². The fourth-order valence-electron chi connectivity index (χ4n) is 3.55. The average Bonchev–Trinajstić information content (AvgIpc) is 2.80. The van der Waals surface area contributed by atoms with Crippen LogP contribution in [0, 0.1) is 0 Å². The number of likely N-dealkylation sites (N-methyl/N-ethyl adjacent to an activating group) is 2. The molecule has 0 aliphatic heterocycles. The summed E-state index contributed by atoms with van der Waals surface area (Å²) >= 11 is 1.90. The molecule has 1 heterocycles. The Hall–Kier alpha value is -0.380. The van der Waals surface area contributed by atoms with Gasteiger partial charge in [-0.3, -0.25) is 0 Å². The molecule has 0 amide bonds. The van der Waals surface area contributed by atoms with Gasteiger partial charge in [-0.25, -0.2) is 0 Å². The number of nitrogens with one attached hydrogen (secondary N) is 1. The van der Waals surface area contributed by atoms with E-state index in [2.05, 4.69) is 48.7 Å². The lowest BCUT2D eigenvalue weighted by atomic mass is 9.80. The van der Waals surface area contributed by atoms with E-state index in [9.17, 15) is 0 Å². The van der Waals surface area contributed by atoms with Crippen LogP contribution in [0.2, 0.25) is 0 Å². The molecule has 3 heteroatoms. The molecule has 1 N–H and O–H groups in total. The first-order valence-corrected chi connectivity index (χ1v) is 8.53. The van der Waals surface area contributed by atoms with Crippen molar-refractivity contribution in [2.75, 3.05) is 20.6 Å². The van der Waals surface area contributed by atoms with Crippen LogP contribution >= 0.6 is 11.3 Å². The lowest BCUT2D eigenvalue weighted by molar-refractivity contribution is 0.0822. The minimum atomic E-state index is 0.289. The minimum Gasteiger partial charge on any atom is -0.308 e. The summed E-state index contributed by atoms with van der Waals surface area (Å²) in [5.41, 5.74) is 0.289. The molecule has 0 saturated heterocycles. The molecule has 1 fully saturated rings. The fraction of sp³-hybridized carbons (Fsp3) is 0.750. The molecule has 1 aliphatic rings. The molecule has 1 atom stereocenters. The Bertz CT molecular complexity index is 351. The summed E-state index contributed by atoms with van der Waals surface area (Å²) in [4.78, 5) is 3.99. The van der Waals surface area contributed by atoms with Crippen LogP contribution in [0.25, 0.3) is 0 Å². The van der Waals surface area contributed by atoms with Crippen molar-refractivity contribution in [3.05, 3.63) is 22.4 Å². The summed E-state index contributed by atoms with van der Waals surface area (Å²) in [6.45, 7) is 3.26. The second-order valence-corrected chi connectivity index (χ2v) is 6.90. The van der Waals surface area contributed by atoms with Crippen LogP contribution < -0.4 is 5.32 Å². The SMILES string of the molecule is CCNC(c1cccs1)C1(N(C)C)CCCCCC1. The summed E-state index contributed by atoms with van der Waals surface area (Å²) in [5, 5.41) is 5.98. The summed E-state index contributed by atoms with van der Waals surface area (Å²) < 4.78 is 0. The highest BCUT2D eigenvalue weighted by Gasteiger charge is 2.41. The van der Waals surface area contributed by atoms with Gasteiger partial charge in [-0.15, -0.1) is 11.3 Å². The van der Waals surface area contributed by atoms with E-state index < -0.39 is 0 Å². The second kappa shape index (κ2) is 6.87. The zero-order chi connectivity index (χ0) is 13.7. The third kappa shape index (κ3) is 3.21. The number of hydrogen-bond donors (Lipinski definition) is 1. The maximum atomic E-state index is 3.77. The van der Waals surface area contributed by atoms with Gasteiger partial charge in [-0.1, -0.05) is 38.7 Å². The zero-order valence-electron chi connectivity index (χ0n) is 12.6. The maximum Gasteiger partial charge on any atom is 0.0601 e. The summed E-state index contributed by atoms with van der Waals surface area (Å²) in [5.74, 6) is 0. The molecule has 0 radical (unpaired) electrons. The molecular formula is C16H28N2S. The molecule has 108 valence electrons. The summed E-state index contributed by atoms with van der Waals surface area (Å²) in [6, 6.07) is 4.96. The minimum absolute atomic E-state index is 0.289. The number of hydrogen-bond acceptors (Lipinski definition) is 3. The maximum absolute atomic E-state index is 3.77. The van der Waals surface area contributed by atoms with Crippen LogP contribution in [-0.4, -0.2) is 31.1 Å². The van der Waals surface area contributed by atoms with Gasteiger partial charge in [-0.05, 0) is 44.9 Å². The Morgan fingerprint density at radius 1 is 1.26 bits per heavy atom.